The number of nitrogens with zero attached hydrogens (tertiary/aromatic N) is 3. The van der Waals surface area contributed by atoms with Crippen LogP contribution in [0.2, 0.25) is 0 Å². The van der Waals surface area contributed by atoms with Crippen LogP contribution in [0.25, 0.3) is 0 Å². The van der Waals surface area contributed by atoms with Crippen LogP contribution in [-0.4, -0.2) is 86.2 Å². The predicted molar refractivity (Wildman–Crippen MR) is 204 cm³/mol. The quantitative estimate of drug-likeness (QED) is 0.117. The van der Waals surface area contributed by atoms with E-state index in [1.807, 2.05) is 20.8 Å². The molecule has 0 aliphatic carbocycles. The van der Waals surface area contributed by atoms with E-state index in [-0.39, 0.29) is 53.7 Å². The average Bonchev–Trinajstić information content (AvgIpc) is 3.40. The summed E-state index contributed by atoms with van der Waals surface area (Å²) in [6.07, 6.45) is -2.22. The van der Waals surface area contributed by atoms with E-state index in [0.29, 0.717) is 12.0 Å². The van der Waals surface area contributed by atoms with Gasteiger partial charge in [0.25, 0.3) is 0 Å². The standard InChI is InChI=1S/C38H53FN4O11S/c1-11-19-51-33(45)40-55(49,50)42(23-30(44)53-37(5,6)7)32-29(52-24-25-15-13-12-14-16-25)21-28-27(31(32)39)20-26(43(28)34(46)47)22-41(18-17-36(2,3)4)35(48)54-38(8,9)10/h11-16,21,26H,1,17-20,22-24H2,2-10H3,(H,40,45)(H,46,47)/t26-/m1/s1. The van der Waals surface area contributed by atoms with E-state index < -0.39 is 75.5 Å². The van der Waals surface area contributed by atoms with Gasteiger partial charge in [-0.15, -0.1) is 0 Å². The first-order valence-electron chi connectivity index (χ1n) is 17.6. The normalized spacial score (nSPS) is 14.4. The zero-order chi connectivity index (χ0) is 41.5. The van der Waals surface area contributed by atoms with E-state index in [4.69, 9.17) is 18.9 Å². The monoisotopic (exact) mass is 792 g/mol. The SMILES string of the molecule is C=CCOC(=O)NS(=O)(=O)N(CC(=O)OC(C)(C)C)c1c(OCc2ccccc2)cc2c(c1F)C[C@H](CN(CCC(C)(C)C)C(=O)OC(C)(C)C)N2C(=O)O. The van der Waals surface area contributed by atoms with E-state index in [0.717, 1.165) is 11.0 Å². The molecular weight excluding hydrogens is 740 g/mol. The Morgan fingerprint density at radius 1 is 1.02 bits per heavy atom. The molecule has 0 saturated heterocycles. The van der Waals surface area contributed by atoms with Crippen molar-refractivity contribution in [3.63, 3.8) is 0 Å². The Labute approximate surface area is 322 Å². The molecular formula is C38H53FN4O11S. The number of carbonyl (C=O) groups excluding carboxylic acids is 3. The maximum Gasteiger partial charge on any atom is 0.422 e. The first-order chi connectivity index (χ1) is 25.3. The van der Waals surface area contributed by atoms with Gasteiger partial charge in [-0.3, -0.25) is 9.69 Å². The van der Waals surface area contributed by atoms with E-state index in [1.165, 1.54) is 11.0 Å². The fourth-order valence-electron chi connectivity index (χ4n) is 5.47. The maximum absolute atomic E-state index is 17.3. The molecule has 0 bridgehead atoms. The summed E-state index contributed by atoms with van der Waals surface area (Å²) < 4.78 is 68.8. The first kappa shape index (κ1) is 44.3. The van der Waals surface area contributed by atoms with Crippen LogP contribution in [0.4, 0.5) is 30.1 Å². The van der Waals surface area contributed by atoms with Gasteiger partial charge in [0.15, 0.2) is 5.82 Å². The van der Waals surface area contributed by atoms with Crippen molar-refractivity contribution >= 4 is 45.8 Å². The van der Waals surface area contributed by atoms with Gasteiger partial charge >= 0.3 is 34.5 Å². The van der Waals surface area contributed by atoms with Crippen LogP contribution >= 0.6 is 0 Å². The third-order valence-corrected chi connectivity index (χ3v) is 9.10. The third kappa shape index (κ3) is 13.0. The fraction of sp³-hybridized carbons (Fsp3) is 0.526. The molecule has 304 valence electrons. The second-order valence-electron chi connectivity index (χ2n) is 16.1. The van der Waals surface area contributed by atoms with Crippen LogP contribution in [0.3, 0.4) is 0 Å². The highest BCUT2D eigenvalue weighted by Crippen LogP contribution is 2.45. The smallest absolute Gasteiger partial charge is 0.422 e. The third-order valence-electron chi connectivity index (χ3n) is 7.78. The molecule has 0 radical (unpaired) electrons. The van der Waals surface area contributed by atoms with Crippen LogP contribution in [0, 0.1) is 11.2 Å². The summed E-state index contributed by atoms with van der Waals surface area (Å²) in [5.41, 5.74) is -2.80. The van der Waals surface area contributed by atoms with Crippen molar-refractivity contribution in [2.24, 2.45) is 5.41 Å². The number of fused-ring (bicyclic) bond motifs is 1. The van der Waals surface area contributed by atoms with E-state index >= 15 is 4.39 Å². The molecule has 15 nitrogen and oxygen atoms in total. The number of carboxylic acid groups (broad SMARTS) is 1. The lowest BCUT2D eigenvalue weighted by atomic mass is 9.92. The van der Waals surface area contributed by atoms with Gasteiger partial charge in [-0.05, 0) is 58.9 Å². The van der Waals surface area contributed by atoms with Crippen LogP contribution in [-0.2, 0) is 42.2 Å². The van der Waals surface area contributed by atoms with E-state index in [9.17, 15) is 32.7 Å². The molecule has 3 amide bonds. The number of hydrogen-bond donors (Lipinski definition) is 2. The molecule has 17 heteroatoms. The van der Waals surface area contributed by atoms with Crippen molar-refractivity contribution in [1.29, 1.82) is 0 Å². The average molecular weight is 793 g/mol. The Kier molecular flexibility index (Phi) is 14.2. The lowest BCUT2D eigenvalue weighted by Gasteiger charge is -2.33. The van der Waals surface area contributed by atoms with E-state index in [1.54, 1.807) is 76.6 Å². The van der Waals surface area contributed by atoms with Gasteiger partial charge < -0.3 is 29.0 Å². The molecule has 0 saturated carbocycles. The number of hydrogen-bond acceptors (Lipinski definition) is 10. The molecule has 1 aliphatic rings. The number of ether oxygens (including phenoxy) is 4. The first-order valence-corrected chi connectivity index (χ1v) is 19.1. The van der Waals surface area contributed by atoms with Crippen molar-refractivity contribution in [3.8, 4) is 5.75 Å². The number of halogens is 1. The molecule has 1 heterocycles. The van der Waals surface area contributed by atoms with Crippen LogP contribution in [0.1, 0.15) is 79.9 Å². The van der Waals surface area contributed by atoms with Crippen LogP contribution in [0.5, 0.6) is 5.75 Å². The molecule has 0 fully saturated rings. The minimum Gasteiger partial charge on any atom is -0.487 e. The Morgan fingerprint density at radius 2 is 1.64 bits per heavy atom. The summed E-state index contributed by atoms with van der Waals surface area (Å²) in [5, 5.41) is 10.5. The number of esters is 1. The van der Waals surface area contributed by atoms with Gasteiger partial charge in [0.1, 0.15) is 42.4 Å². The Bertz CT molecular complexity index is 1840. The van der Waals surface area contributed by atoms with Gasteiger partial charge in [0.05, 0.1) is 11.7 Å². The Hall–Kier alpha value is -5.06. The van der Waals surface area contributed by atoms with Gasteiger partial charge in [0, 0.05) is 31.1 Å². The Balaban J connectivity index is 2.25. The summed E-state index contributed by atoms with van der Waals surface area (Å²) in [5.74, 6) is -2.83. The zero-order valence-corrected chi connectivity index (χ0v) is 33.7. The van der Waals surface area contributed by atoms with Crippen molar-refractivity contribution in [3.05, 3.63) is 66.0 Å². The van der Waals surface area contributed by atoms with Crippen LogP contribution < -0.4 is 18.7 Å². The molecule has 2 aromatic rings. The van der Waals surface area contributed by atoms with E-state index in [2.05, 4.69) is 6.58 Å². The number of anilines is 2. The van der Waals surface area contributed by atoms with Crippen molar-refractivity contribution in [2.75, 3.05) is 35.4 Å². The van der Waals surface area contributed by atoms with Gasteiger partial charge in [-0.1, -0.05) is 63.8 Å². The highest BCUT2D eigenvalue weighted by atomic mass is 32.2. The largest absolute Gasteiger partial charge is 0.487 e. The number of rotatable bonds is 14. The molecule has 0 aromatic heterocycles. The minimum atomic E-state index is -5.16. The molecule has 1 atom stereocenters. The number of carbonyl (C=O) groups is 4. The molecule has 3 rings (SSSR count). The number of nitrogens with one attached hydrogen (secondary N) is 1. The second kappa shape index (κ2) is 17.6. The summed E-state index contributed by atoms with van der Waals surface area (Å²) in [4.78, 5) is 54.4. The number of benzene rings is 2. The topological polar surface area (TPSA) is 181 Å². The van der Waals surface area contributed by atoms with Crippen molar-refractivity contribution in [2.45, 2.75) is 99.0 Å². The predicted octanol–water partition coefficient (Wildman–Crippen LogP) is 6.79. The lowest BCUT2D eigenvalue weighted by Crippen LogP contribution is -2.48. The van der Waals surface area contributed by atoms with Gasteiger partial charge in [-0.2, -0.15) is 8.42 Å². The summed E-state index contributed by atoms with van der Waals surface area (Å²) >= 11 is 0. The van der Waals surface area contributed by atoms with Crippen molar-refractivity contribution in [1.82, 2.24) is 9.62 Å². The molecule has 0 spiro atoms. The molecule has 2 N–H and O–H groups in total. The fourth-order valence-corrected chi connectivity index (χ4v) is 6.53. The number of amides is 3. The minimum absolute atomic E-state index is 0.172. The molecule has 0 unspecified atom stereocenters. The summed E-state index contributed by atoms with van der Waals surface area (Å²) in [6, 6.07) is 8.67. The maximum atomic E-state index is 17.3. The van der Waals surface area contributed by atoms with Gasteiger partial charge in [0.2, 0.25) is 0 Å². The van der Waals surface area contributed by atoms with Gasteiger partial charge in [-0.25, -0.2) is 27.8 Å². The zero-order valence-electron chi connectivity index (χ0n) is 32.9. The molecule has 55 heavy (non-hydrogen) atoms. The molecule has 1 aliphatic heterocycles. The van der Waals surface area contributed by atoms with Crippen LogP contribution in [0.15, 0.2) is 49.1 Å². The molecule has 2 aromatic carbocycles. The highest BCUT2D eigenvalue weighted by Gasteiger charge is 2.43. The summed E-state index contributed by atoms with van der Waals surface area (Å²) in [6.45, 7) is 17.3. The second-order valence-corrected chi connectivity index (χ2v) is 17.7. The Morgan fingerprint density at radius 3 is 2.18 bits per heavy atom. The highest BCUT2D eigenvalue weighted by molar-refractivity contribution is 7.91. The summed E-state index contributed by atoms with van der Waals surface area (Å²) in [7, 11) is -5.16. The lowest BCUT2D eigenvalue weighted by molar-refractivity contribution is -0.152. The van der Waals surface area contributed by atoms with Crippen molar-refractivity contribution < 1.29 is 56.0 Å².